The van der Waals surface area contributed by atoms with Crippen molar-refractivity contribution in [2.75, 3.05) is 6.54 Å². The fourth-order valence-corrected chi connectivity index (χ4v) is 3.34. The SMILES string of the molecule is N#Cc1ccc2ncc(CNC3CCN(Cc4ccccc4)C3=O)n2c1. The second-order valence-electron chi connectivity index (χ2n) is 6.47. The number of rotatable bonds is 5. The molecule has 6 heteroatoms. The molecule has 1 saturated heterocycles. The number of likely N-dealkylation sites (tertiary alicyclic amines) is 1. The van der Waals surface area contributed by atoms with Crippen molar-refractivity contribution in [3.05, 3.63) is 71.7 Å². The largest absolute Gasteiger partial charge is 0.337 e. The molecule has 1 unspecified atom stereocenters. The summed E-state index contributed by atoms with van der Waals surface area (Å²) in [6.07, 6.45) is 4.36. The maximum atomic E-state index is 12.6. The van der Waals surface area contributed by atoms with Crippen LogP contribution >= 0.6 is 0 Å². The molecule has 1 aliphatic rings. The molecular formula is C20H19N5O. The second kappa shape index (κ2) is 6.98. The molecule has 2 aromatic heterocycles. The van der Waals surface area contributed by atoms with Gasteiger partial charge in [-0.3, -0.25) is 4.79 Å². The Morgan fingerprint density at radius 2 is 2.08 bits per heavy atom. The highest BCUT2D eigenvalue weighted by molar-refractivity contribution is 5.83. The average molecular weight is 345 g/mol. The van der Waals surface area contributed by atoms with Crippen LogP contribution in [0.4, 0.5) is 0 Å². The van der Waals surface area contributed by atoms with E-state index >= 15 is 0 Å². The van der Waals surface area contributed by atoms with Gasteiger partial charge in [0, 0.05) is 25.8 Å². The Balaban J connectivity index is 1.41. The van der Waals surface area contributed by atoms with Crippen LogP contribution in [-0.2, 0) is 17.9 Å². The van der Waals surface area contributed by atoms with E-state index in [1.165, 1.54) is 0 Å². The average Bonchev–Trinajstić information content (AvgIpc) is 3.24. The van der Waals surface area contributed by atoms with Crippen molar-refractivity contribution in [3.63, 3.8) is 0 Å². The Morgan fingerprint density at radius 1 is 1.23 bits per heavy atom. The summed E-state index contributed by atoms with van der Waals surface area (Å²) in [4.78, 5) is 18.9. The zero-order chi connectivity index (χ0) is 17.9. The number of nitriles is 1. The van der Waals surface area contributed by atoms with Gasteiger partial charge in [0.1, 0.15) is 11.7 Å². The number of fused-ring (bicyclic) bond motifs is 1. The number of nitrogens with zero attached hydrogens (tertiary/aromatic N) is 4. The van der Waals surface area contributed by atoms with Gasteiger partial charge < -0.3 is 14.6 Å². The fourth-order valence-electron chi connectivity index (χ4n) is 3.34. The summed E-state index contributed by atoms with van der Waals surface area (Å²) >= 11 is 0. The third-order valence-corrected chi connectivity index (χ3v) is 4.75. The molecule has 0 aliphatic carbocycles. The second-order valence-corrected chi connectivity index (χ2v) is 6.47. The molecular weight excluding hydrogens is 326 g/mol. The number of hydrogen-bond donors (Lipinski definition) is 1. The summed E-state index contributed by atoms with van der Waals surface area (Å²) < 4.78 is 1.90. The molecule has 1 amide bonds. The molecule has 1 atom stereocenters. The Morgan fingerprint density at radius 3 is 2.88 bits per heavy atom. The topological polar surface area (TPSA) is 73.4 Å². The van der Waals surface area contributed by atoms with E-state index < -0.39 is 0 Å². The van der Waals surface area contributed by atoms with Gasteiger partial charge in [-0.2, -0.15) is 5.26 Å². The zero-order valence-corrected chi connectivity index (χ0v) is 14.3. The maximum Gasteiger partial charge on any atom is 0.240 e. The number of hydrogen-bond acceptors (Lipinski definition) is 4. The Hall–Kier alpha value is -3.17. The first-order valence-corrected chi connectivity index (χ1v) is 8.67. The summed E-state index contributed by atoms with van der Waals surface area (Å²) in [5.41, 5.74) is 3.46. The molecule has 1 fully saturated rings. The van der Waals surface area contributed by atoms with E-state index in [1.54, 1.807) is 18.5 Å². The minimum atomic E-state index is -0.177. The lowest BCUT2D eigenvalue weighted by Gasteiger charge is -2.17. The highest BCUT2D eigenvalue weighted by Crippen LogP contribution is 2.16. The van der Waals surface area contributed by atoms with Gasteiger partial charge in [-0.05, 0) is 24.1 Å². The molecule has 0 saturated carbocycles. The number of pyridine rings is 1. The first-order chi connectivity index (χ1) is 12.7. The van der Waals surface area contributed by atoms with Gasteiger partial charge in [0.25, 0.3) is 0 Å². The van der Waals surface area contributed by atoms with E-state index in [2.05, 4.69) is 16.4 Å². The van der Waals surface area contributed by atoms with Crippen molar-refractivity contribution in [2.24, 2.45) is 0 Å². The van der Waals surface area contributed by atoms with Crippen LogP contribution < -0.4 is 5.32 Å². The van der Waals surface area contributed by atoms with Gasteiger partial charge in [0.05, 0.1) is 23.5 Å². The number of amides is 1. The molecule has 0 bridgehead atoms. The van der Waals surface area contributed by atoms with Crippen molar-refractivity contribution < 1.29 is 4.79 Å². The summed E-state index contributed by atoms with van der Waals surface area (Å²) in [6.45, 7) is 1.95. The number of imidazole rings is 1. The minimum absolute atomic E-state index is 0.139. The first-order valence-electron chi connectivity index (χ1n) is 8.67. The Kier molecular flexibility index (Phi) is 4.38. The van der Waals surface area contributed by atoms with Crippen molar-refractivity contribution in [3.8, 4) is 6.07 Å². The van der Waals surface area contributed by atoms with Crippen LogP contribution in [0.15, 0.2) is 54.9 Å². The van der Waals surface area contributed by atoms with Crippen molar-refractivity contribution in [1.82, 2.24) is 19.6 Å². The van der Waals surface area contributed by atoms with E-state index in [-0.39, 0.29) is 11.9 Å². The smallest absolute Gasteiger partial charge is 0.240 e. The van der Waals surface area contributed by atoms with Gasteiger partial charge in [0.2, 0.25) is 5.91 Å². The highest BCUT2D eigenvalue weighted by atomic mass is 16.2. The van der Waals surface area contributed by atoms with Crippen LogP contribution in [0.25, 0.3) is 5.65 Å². The lowest BCUT2D eigenvalue weighted by Crippen LogP contribution is -2.37. The Bertz CT molecular complexity index is 973. The summed E-state index contributed by atoms with van der Waals surface area (Å²) in [5.74, 6) is 0.139. The first kappa shape index (κ1) is 16.3. The van der Waals surface area contributed by atoms with Crippen LogP contribution in [0.3, 0.4) is 0 Å². The van der Waals surface area contributed by atoms with Gasteiger partial charge in [0.15, 0.2) is 0 Å². The molecule has 26 heavy (non-hydrogen) atoms. The molecule has 0 spiro atoms. The van der Waals surface area contributed by atoms with Crippen LogP contribution in [0.2, 0.25) is 0 Å². The molecule has 3 heterocycles. The molecule has 0 radical (unpaired) electrons. The third kappa shape index (κ3) is 3.17. The van der Waals surface area contributed by atoms with E-state index in [0.717, 1.165) is 29.9 Å². The fraction of sp³-hybridized carbons (Fsp3) is 0.250. The normalized spacial score (nSPS) is 17.0. The van der Waals surface area contributed by atoms with Gasteiger partial charge in [-0.15, -0.1) is 0 Å². The molecule has 6 nitrogen and oxygen atoms in total. The maximum absolute atomic E-state index is 12.6. The molecule has 1 N–H and O–H groups in total. The molecule has 3 aromatic rings. The number of nitrogens with one attached hydrogen (secondary N) is 1. The minimum Gasteiger partial charge on any atom is -0.337 e. The third-order valence-electron chi connectivity index (χ3n) is 4.75. The van der Waals surface area contributed by atoms with Gasteiger partial charge >= 0.3 is 0 Å². The predicted molar refractivity (Wildman–Crippen MR) is 97.0 cm³/mol. The van der Waals surface area contributed by atoms with Crippen molar-refractivity contribution >= 4 is 11.6 Å². The van der Waals surface area contributed by atoms with E-state index in [1.807, 2.05) is 45.7 Å². The van der Waals surface area contributed by atoms with Crippen molar-refractivity contribution in [1.29, 1.82) is 5.26 Å². The van der Waals surface area contributed by atoms with E-state index in [0.29, 0.717) is 18.7 Å². The summed E-state index contributed by atoms with van der Waals surface area (Å²) in [7, 11) is 0. The van der Waals surface area contributed by atoms with Crippen molar-refractivity contribution in [2.45, 2.75) is 25.6 Å². The number of carbonyl (C=O) groups excluding carboxylic acids is 1. The van der Waals surface area contributed by atoms with Gasteiger partial charge in [-0.1, -0.05) is 30.3 Å². The molecule has 1 aromatic carbocycles. The summed E-state index contributed by atoms with van der Waals surface area (Å²) in [5, 5.41) is 12.4. The number of carbonyl (C=O) groups is 1. The molecule has 4 rings (SSSR count). The van der Waals surface area contributed by atoms with E-state index in [4.69, 9.17) is 5.26 Å². The number of benzene rings is 1. The Labute approximate surface area is 151 Å². The summed E-state index contributed by atoms with van der Waals surface area (Å²) in [6, 6.07) is 15.6. The predicted octanol–water partition coefficient (Wildman–Crippen LogP) is 2.10. The molecule has 130 valence electrons. The lowest BCUT2D eigenvalue weighted by atomic mass is 10.2. The van der Waals surface area contributed by atoms with E-state index in [9.17, 15) is 4.79 Å². The van der Waals surface area contributed by atoms with Crippen LogP contribution in [0.5, 0.6) is 0 Å². The molecule has 1 aliphatic heterocycles. The zero-order valence-electron chi connectivity index (χ0n) is 14.3. The van der Waals surface area contributed by atoms with Crippen LogP contribution in [-0.4, -0.2) is 32.8 Å². The standard InChI is InChI=1S/C20H19N5O/c21-10-16-6-7-19-23-12-17(25(19)14-16)11-22-18-8-9-24(20(18)26)13-15-4-2-1-3-5-15/h1-7,12,14,18,22H,8-9,11,13H2. The lowest BCUT2D eigenvalue weighted by molar-refractivity contribution is -0.129. The van der Waals surface area contributed by atoms with Crippen LogP contribution in [0, 0.1) is 11.3 Å². The quantitative estimate of drug-likeness (QED) is 0.768. The van der Waals surface area contributed by atoms with Gasteiger partial charge in [-0.25, -0.2) is 4.98 Å². The highest BCUT2D eigenvalue weighted by Gasteiger charge is 2.31. The monoisotopic (exact) mass is 345 g/mol. The van der Waals surface area contributed by atoms with Crippen LogP contribution in [0.1, 0.15) is 23.2 Å². The number of aromatic nitrogens is 2.